The number of amides is 1. The van der Waals surface area contributed by atoms with Crippen molar-refractivity contribution in [2.45, 2.75) is 71.9 Å². The molecular weight excluding hydrogens is 306 g/mol. The molecule has 0 aliphatic carbocycles. The van der Waals surface area contributed by atoms with Crippen LogP contribution in [-0.2, 0) is 16.8 Å². The average Bonchev–Trinajstić information content (AvgIpc) is 3.01. The van der Waals surface area contributed by atoms with Gasteiger partial charge in [-0.2, -0.15) is 0 Å². The van der Waals surface area contributed by atoms with E-state index >= 15 is 0 Å². The largest absolute Gasteiger partial charge is 0.342 e. The first kappa shape index (κ1) is 18.4. The molecule has 2 heterocycles. The van der Waals surface area contributed by atoms with Crippen molar-refractivity contribution in [1.29, 1.82) is 0 Å². The maximum absolute atomic E-state index is 11.9. The molecule has 0 saturated carbocycles. The van der Waals surface area contributed by atoms with Crippen molar-refractivity contribution in [2.75, 3.05) is 13.1 Å². The first-order valence-electron chi connectivity index (χ1n) is 8.81. The van der Waals surface area contributed by atoms with Crippen LogP contribution in [0.3, 0.4) is 0 Å². The highest BCUT2D eigenvalue weighted by Crippen LogP contribution is 2.27. The molecule has 5 heteroatoms. The van der Waals surface area contributed by atoms with Crippen molar-refractivity contribution < 1.29 is 4.79 Å². The van der Waals surface area contributed by atoms with E-state index in [2.05, 4.69) is 38.0 Å². The maximum Gasteiger partial charge on any atom is 0.222 e. The molecule has 0 bridgehead atoms. The van der Waals surface area contributed by atoms with Gasteiger partial charge in [0.15, 0.2) is 0 Å². The molecule has 1 aromatic rings. The van der Waals surface area contributed by atoms with Gasteiger partial charge in [0.1, 0.15) is 0 Å². The van der Waals surface area contributed by atoms with Crippen molar-refractivity contribution in [2.24, 2.45) is 5.92 Å². The quantitative estimate of drug-likeness (QED) is 0.893. The molecule has 4 nitrogen and oxygen atoms in total. The zero-order valence-electron chi connectivity index (χ0n) is 15.2. The van der Waals surface area contributed by atoms with Gasteiger partial charge in [-0.15, -0.1) is 11.3 Å². The van der Waals surface area contributed by atoms with Crippen LogP contribution in [0.25, 0.3) is 0 Å². The van der Waals surface area contributed by atoms with E-state index < -0.39 is 0 Å². The fourth-order valence-electron chi connectivity index (χ4n) is 3.13. The van der Waals surface area contributed by atoms with Gasteiger partial charge in [-0.3, -0.25) is 4.79 Å². The number of carbonyl (C=O) groups excluding carboxylic acids is 1. The van der Waals surface area contributed by atoms with Crippen molar-refractivity contribution in [3.8, 4) is 0 Å². The molecule has 1 aromatic heterocycles. The number of hydrogen-bond donors (Lipinski definition) is 1. The predicted molar refractivity (Wildman–Crippen MR) is 96.7 cm³/mol. The summed E-state index contributed by atoms with van der Waals surface area (Å²) in [5.41, 5.74) is 0.126. The Labute approximate surface area is 144 Å². The van der Waals surface area contributed by atoms with E-state index in [1.54, 1.807) is 0 Å². The van der Waals surface area contributed by atoms with Crippen molar-refractivity contribution in [3.05, 3.63) is 16.1 Å². The summed E-state index contributed by atoms with van der Waals surface area (Å²) < 4.78 is 0. The van der Waals surface area contributed by atoms with Crippen LogP contribution in [0.4, 0.5) is 0 Å². The lowest BCUT2D eigenvalue weighted by molar-refractivity contribution is -0.133. The molecular formula is C18H31N3OS. The molecule has 0 aromatic carbocycles. The highest BCUT2D eigenvalue weighted by molar-refractivity contribution is 7.11. The second kappa shape index (κ2) is 7.75. The lowest BCUT2D eigenvalue weighted by Gasteiger charge is -2.38. The zero-order chi connectivity index (χ0) is 17.0. The summed E-state index contributed by atoms with van der Waals surface area (Å²) >= 11 is 1.81. The number of likely N-dealkylation sites (tertiary alicyclic amines) is 1. The van der Waals surface area contributed by atoms with Crippen LogP contribution < -0.4 is 5.32 Å². The third-order valence-corrected chi connectivity index (χ3v) is 6.07. The summed E-state index contributed by atoms with van der Waals surface area (Å²) in [5, 5.41) is 4.91. The number of thiazole rings is 1. The van der Waals surface area contributed by atoms with Gasteiger partial charge in [0.05, 0.1) is 5.01 Å². The van der Waals surface area contributed by atoms with E-state index in [0.29, 0.717) is 24.3 Å². The first-order chi connectivity index (χ1) is 10.8. The van der Waals surface area contributed by atoms with Crippen LogP contribution in [0, 0.1) is 5.92 Å². The fourth-order valence-corrected chi connectivity index (χ4v) is 4.05. The fraction of sp³-hybridized carbons (Fsp3) is 0.778. The van der Waals surface area contributed by atoms with Crippen molar-refractivity contribution >= 4 is 17.2 Å². The Balaban J connectivity index is 1.90. The summed E-state index contributed by atoms with van der Waals surface area (Å²) in [4.78, 5) is 19.8. The monoisotopic (exact) mass is 337 g/mol. The van der Waals surface area contributed by atoms with Gasteiger partial charge >= 0.3 is 0 Å². The van der Waals surface area contributed by atoms with E-state index in [0.717, 1.165) is 32.5 Å². The Morgan fingerprint density at radius 2 is 2.17 bits per heavy atom. The van der Waals surface area contributed by atoms with Crippen LogP contribution in [0.15, 0.2) is 6.20 Å². The minimum atomic E-state index is 0.126. The summed E-state index contributed by atoms with van der Waals surface area (Å²) in [6.07, 6.45) is 4.79. The summed E-state index contributed by atoms with van der Waals surface area (Å²) in [5.74, 6) is 0.841. The van der Waals surface area contributed by atoms with E-state index in [4.69, 9.17) is 0 Å². The van der Waals surface area contributed by atoms with Gasteiger partial charge in [0.25, 0.3) is 0 Å². The molecule has 23 heavy (non-hydrogen) atoms. The number of nitrogens with one attached hydrogen (secondary N) is 1. The highest BCUT2D eigenvalue weighted by atomic mass is 32.1. The molecule has 2 rings (SSSR count). The van der Waals surface area contributed by atoms with E-state index in [1.807, 2.05) is 29.4 Å². The minimum absolute atomic E-state index is 0.126. The van der Waals surface area contributed by atoms with Crippen molar-refractivity contribution in [1.82, 2.24) is 15.2 Å². The number of piperidine rings is 1. The Morgan fingerprint density at radius 3 is 2.74 bits per heavy atom. The zero-order valence-corrected chi connectivity index (χ0v) is 16.0. The second-order valence-electron chi connectivity index (χ2n) is 7.52. The molecule has 1 N–H and O–H groups in total. The van der Waals surface area contributed by atoms with Crippen LogP contribution in [-0.4, -0.2) is 34.9 Å². The summed E-state index contributed by atoms with van der Waals surface area (Å²) in [6.45, 7) is 13.5. The number of aromatic nitrogens is 1. The van der Waals surface area contributed by atoms with Gasteiger partial charge < -0.3 is 10.2 Å². The number of nitrogens with zero attached hydrogens (tertiary/aromatic N) is 2. The standard InChI is InChI=1S/C18H31N3OS/c1-6-13-12-21(16(22)7-2)9-8-15(13)19-10-14-11-20-17(23-14)18(3,4)5/h11,13,15,19H,6-10,12H2,1-5H3/t13-,15+/m0/s1. The predicted octanol–water partition coefficient (Wildman–Crippen LogP) is 3.57. The molecule has 1 amide bonds. The van der Waals surface area contributed by atoms with Crippen LogP contribution in [0.1, 0.15) is 63.8 Å². The first-order valence-corrected chi connectivity index (χ1v) is 9.63. The van der Waals surface area contributed by atoms with Gasteiger partial charge in [0, 0.05) is 48.6 Å². The molecule has 0 spiro atoms. The Kier molecular flexibility index (Phi) is 6.20. The third-order valence-electron chi connectivity index (χ3n) is 4.65. The lowest BCUT2D eigenvalue weighted by atomic mass is 9.89. The molecule has 1 fully saturated rings. The number of rotatable bonds is 5. The topological polar surface area (TPSA) is 45.2 Å². The smallest absolute Gasteiger partial charge is 0.222 e. The third kappa shape index (κ3) is 4.77. The molecule has 2 atom stereocenters. The lowest BCUT2D eigenvalue weighted by Crippen LogP contribution is -2.50. The molecule has 1 aliphatic rings. The molecule has 130 valence electrons. The highest BCUT2D eigenvalue weighted by Gasteiger charge is 2.29. The molecule has 0 unspecified atom stereocenters. The van der Waals surface area contributed by atoms with Crippen molar-refractivity contribution in [3.63, 3.8) is 0 Å². The van der Waals surface area contributed by atoms with E-state index in [-0.39, 0.29) is 5.41 Å². The SMILES string of the molecule is CCC(=O)N1CC[C@@H](NCc2cnc(C(C)(C)C)s2)[C@@H](CC)C1. The van der Waals surface area contributed by atoms with Crippen LogP contribution >= 0.6 is 11.3 Å². The summed E-state index contributed by atoms with van der Waals surface area (Å²) in [6, 6.07) is 0.501. The van der Waals surface area contributed by atoms with E-state index in [9.17, 15) is 4.79 Å². The Hall–Kier alpha value is -0.940. The Morgan fingerprint density at radius 1 is 1.43 bits per heavy atom. The Bertz CT molecular complexity index is 521. The van der Waals surface area contributed by atoms with Gasteiger partial charge in [-0.1, -0.05) is 41.0 Å². The van der Waals surface area contributed by atoms with Crippen LogP contribution in [0.2, 0.25) is 0 Å². The normalized spacial score (nSPS) is 22.4. The van der Waals surface area contributed by atoms with Crippen LogP contribution in [0.5, 0.6) is 0 Å². The van der Waals surface area contributed by atoms with Gasteiger partial charge in [-0.05, 0) is 12.3 Å². The average molecular weight is 338 g/mol. The maximum atomic E-state index is 11.9. The molecule has 0 radical (unpaired) electrons. The van der Waals surface area contributed by atoms with Gasteiger partial charge in [-0.25, -0.2) is 4.98 Å². The molecule has 1 aliphatic heterocycles. The summed E-state index contributed by atoms with van der Waals surface area (Å²) in [7, 11) is 0. The van der Waals surface area contributed by atoms with E-state index in [1.165, 1.54) is 9.88 Å². The molecule has 1 saturated heterocycles. The second-order valence-corrected chi connectivity index (χ2v) is 8.63. The number of hydrogen-bond acceptors (Lipinski definition) is 4. The van der Waals surface area contributed by atoms with Gasteiger partial charge in [0.2, 0.25) is 5.91 Å². The number of carbonyl (C=O) groups is 1. The minimum Gasteiger partial charge on any atom is -0.342 e.